The molecule has 2 fully saturated rings. The molecule has 0 aromatic rings. The second-order valence-corrected chi connectivity index (χ2v) is 6.19. The van der Waals surface area contributed by atoms with Crippen LogP contribution in [0.5, 0.6) is 0 Å². The number of piperazine rings is 1. The van der Waals surface area contributed by atoms with E-state index in [1.165, 1.54) is 25.7 Å². The van der Waals surface area contributed by atoms with Crippen molar-refractivity contribution in [3.8, 4) is 0 Å². The van der Waals surface area contributed by atoms with Gasteiger partial charge in [-0.05, 0) is 31.6 Å². The first kappa shape index (κ1) is 14.4. The average Bonchev–Trinajstić information content (AvgIpc) is 2.91. The molecule has 2 amide bonds. The van der Waals surface area contributed by atoms with Crippen molar-refractivity contribution >= 4 is 11.8 Å². The van der Waals surface area contributed by atoms with Gasteiger partial charge in [0.05, 0.1) is 0 Å². The Bertz CT molecular complexity index is 350. The third-order valence-corrected chi connectivity index (χ3v) is 4.84. The lowest BCUT2D eigenvalue weighted by molar-refractivity contribution is -0.150. The van der Waals surface area contributed by atoms with E-state index in [1.807, 2.05) is 18.7 Å². The quantitative estimate of drug-likeness (QED) is 0.845. The van der Waals surface area contributed by atoms with Crippen LogP contribution >= 0.6 is 0 Å². The van der Waals surface area contributed by atoms with E-state index in [-0.39, 0.29) is 29.8 Å². The highest BCUT2D eigenvalue weighted by atomic mass is 16.2. The summed E-state index contributed by atoms with van der Waals surface area (Å²) in [7, 11) is 0. The maximum atomic E-state index is 12.6. The van der Waals surface area contributed by atoms with Gasteiger partial charge in [0.1, 0.15) is 12.1 Å². The van der Waals surface area contributed by atoms with Gasteiger partial charge in [0, 0.05) is 6.54 Å². The molecule has 0 aromatic carbocycles. The standard InChI is InChI=1S/C15H26N2O2/c1-4-10(2)13-15(19)17(11(3)14(18)16-13)9-12-7-5-6-8-12/h10-13H,4-9H2,1-3H3,(H,16,18). The Morgan fingerprint density at radius 3 is 2.53 bits per heavy atom. The first-order valence-corrected chi connectivity index (χ1v) is 7.65. The van der Waals surface area contributed by atoms with Gasteiger partial charge >= 0.3 is 0 Å². The molecule has 2 aliphatic rings. The zero-order valence-corrected chi connectivity index (χ0v) is 12.3. The van der Waals surface area contributed by atoms with Crippen LogP contribution in [-0.4, -0.2) is 35.3 Å². The van der Waals surface area contributed by atoms with Crippen LogP contribution in [0.4, 0.5) is 0 Å². The summed E-state index contributed by atoms with van der Waals surface area (Å²) in [6, 6.07) is -0.636. The van der Waals surface area contributed by atoms with Crippen molar-refractivity contribution in [1.82, 2.24) is 10.2 Å². The zero-order chi connectivity index (χ0) is 14.0. The lowest BCUT2D eigenvalue weighted by Gasteiger charge is -2.40. The smallest absolute Gasteiger partial charge is 0.246 e. The third-order valence-electron chi connectivity index (χ3n) is 4.84. The number of hydrogen-bond donors (Lipinski definition) is 1. The fraction of sp³-hybridized carbons (Fsp3) is 0.867. The van der Waals surface area contributed by atoms with E-state index in [4.69, 9.17) is 0 Å². The largest absolute Gasteiger partial charge is 0.342 e. The van der Waals surface area contributed by atoms with Crippen LogP contribution in [0.2, 0.25) is 0 Å². The molecule has 3 unspecified atom stereocenters. The first-order valence-electron chi connectivity index (χ1n) is 7.65. The fourth-order valence-electron chi connectivity index (χ4n) is 3.19. The molecule has 2 rings (SSSR count). The number of carbonyl (C=O) groups excluding carboxylic acids is 2. The minimum atomic E-state index is -0.324. The van der Waals surface area contributed by atoms with Crippen LogP contribution in [0.15, 0.2) is 0 Å². The molecule has 1 N–H and O–H groups in total. The molecule has 0 radical (unpaired) electrons. The van der Waals surface area contributed by atoms with Crippen LogP contribution in [0.1, 0.15) is 52.9 Å². The molecule has 4 nitrogen and oxygen atoms in total. The number of nitrogens with zero attached hydrogens (tertiary/aromatic N) is 1. The van der Waals surface area contributed by atoms with E-state index >= 15 is 0 Å². The molecule has 0 aromatic heterocycles. The lowest BCUT2D eigenvalue weighted by Crippen LogP contribution is -2.64. The van der Waals surface area contributed by atoms with E-state index in [1.54, 1.807) is 0 Å². The van der Waals surface area contributed by atoms with Gasteiger partial charge in [-0.2, -0.15) is 0 Å². The zero-order valence-electron chi connectivity index (χ0n) is 12.3. The molecular formula is C15H26N2O2. The number of carbonyl (C=O) groups is 2. The molecule has 0 spiro atoms. The topological polar surface area (TPSA) is 49.4 Å². The summed E-state index contributed by atoms with van der Waals surface area (Å²) in [6.07, 6.45) is 5.84. The highest BCUT2D eigenvalue weighted by molar-refractivity contribution is 5.96. The van der Waals surface area contributed by atoms with Crippen LogP contribution in [0, 0.1) is 11.8 Å². The highest BCUT2D eigenvalue weighted by Crippen LogP contribution is 2.28. The summed E-state index contributed by atoms with van der Waals surface area (Å²) < 4.78 is 0. The molecule has 4 heteroatoms. The summed E-state index contributed by atoms with van der Waals surface area (Å²) in [6.45, 7) is 6.70. The van der Waals surface area contributed by atoms with E-state index in [9.17, 15) is 9.59 Å². The summed E-state index contributed by atoms with van der Waals surface area (Å²) in [5.74, 6) is 0.918. The molecule has 1 aliphatic carbocycles. The maximum Gasteiger partial charge on any atom is 0.246 e. The van der Waals surface area contributed by atoms with E-state index < -0.39 is 0 Å². The first-order chi connectivity index (χ1) is 9.04. The van der Waals surface area contributed by atoms with Gasteiger partial charge in [-0.25, -0.2) is 0 Å². The van der Waals surface area contributed by atoms with Crippen LogP contribution < -0.4 is 5.32 Å². The summed E-state index contributed by atoms with van der Waals surface area (Å²) in [5, 5.41) is 2.89. The Morgan fingerprint density at radius 2 is 1.95 bits per heavy atom. The minimum Gasteiger partial charge on any atom is -0.342 e. The molecular weight excluding hydrogens is 240 g/mol. The molecule has 0 bridgehead atoms. The van der Waals surface area contributed by atoms with Crippen molar-refractivity contribution < 1.29 is 9.59 Å². The minimum absolute atomic E-state index is 0.00268. The van der Waals surface area contributed by atoms with Gasteiger partial charge in [0.15, 0.2) is 0 Å². The monoisotopic (exact) mass is 266 g/mol. The molecule has 108 valence electrons. The second-order valence-electron chi connectivity index (χ2n) is 6.19. The molecule has 19 heavy (non-hydrogen) atoms. The Balaban J connectivity index is 2.09. The van der Waals surface area contributed by atoms with Crippen molar-refractivity contribution in [3.05, 3.63) is 0 Å². The predicted molar refractivity (Wildman–Crippen MR) is 74.5 cm³/mol. The number of nitrogens with one attached hydrogen (secondary N) is 1. The molecule has 1 aliphatic heterocycles. The van der Waals surface area contributed by atoms with E-state index in [2.05, 4.69) is 12.2 Å². The normalized spacial score (nSPS) is 30.6. The van der Waals surface area contributed by atoms with Gasteiger partial charge in [0.2, 0.25) is 11.8 Å². The van der Waals surface area contributed by atoms with Gasteiger partial charge in [0.25, 0.3) is 0 Å². The molecule has 1 saturated carbocycles. The molecule has 1 heterocycles. The van der Waals surface area contributed by atoms with Crippen molar-refractivity contribution in [2.24, 2.45) is 11.8 Å². The highest BCUT2D eigenvalue weighted by Gasteiger charge is 2.40. The van der Waals surface area contributed by atoms with Gasteiger partial charge < -0.3 is 10.2 Å². The van der Waals surface area contributed by atoms with Crippen LogP contribution in [-0.2, 0) is 9.59 Å². The maximum absolute atomic E-state index is 12.6. The van der Waals surface area contributed by atoms with Gasteiger partial charge in [-0.1, -0.05) is 33.1 Å². The third kappa shape index (κ3) is 2.93. The van der Waals surface area contributed by atoms with Crippen molar-refractivity contribution in [2.75, 3.05) is 6.54 Å². The summed E-state index contributed by atoms with van der Waals surface area (Å²) in [4.78, 5) is 26.5. The van der Waals surface area contributed by atoms with E-state index in [0.29, 0.717) is 5.92 Å². The molecule has 1 saturated heterocycles. The Kier molecular flexibility index (Phi) is 4.48. The van der Waals surface area contributed by atoms with Crippen molar-refractivity contribution in [2.45, 2.75) is 65.0 Å². The SMILES string of the molecule is CCC(C)C1NC(=O)C(C)N(CC2CCCC2)C1=O. The second kappa shape index (κ2) is 5.93. The lowest BCUT2D eigenvalue weighted by atomic mass is 9.93. The molecule has 3 atom stereocenters. The number of amides is 2. The average molecular weight is 266 g/mol. The predicted octanol–water partition coefficient (Wildman–Crippen LogP) is 1.94. The van der Waals surface area contributed by atoms with Crippen LogP contribution in [0.25, 0.3) is 0 Å². The Hall–Kier alpha value is -1.06. The summed E-state index contributed by atoms with van der Waals surface area (Å²) in [5.41, 5.74) is 0. The fourth-order valence-corrected chi connectivity index (χ4v) is 3.19. The summed E-state index contributed by atoms with van der Waals surface area (Å²) >= 11 is 0. The van der Waals surface area contributed by atoms with E-state index in [0.717, 1.165) is 13.0 Å². The Morgan fingerprint density at radius 1 is 1.32 bits per heavy atom. The number of rotatable bonds is 4. The van der Waals surface area contributed by atoms with Gasteiger partial charge in [-0.3, -0.25) is 9.59 Å². The van der Waals surface area contributed by atoms with Crippen LogP contribution in [0.3, 0.4) is 0 Å². The number of hydrogen-bond acceptors (Lipinski definition) is 2. The van der Waals surface area contributed by atoms with Crippen molar-refractivity contribution in [3.63, 3.8) is 0 Å². The van der Waals surface area contributed by atoms with Crippen molar-refractivity contribution in [1.29, 1.82) is 0 Å². The van der Waals surface area contributed by atoms with Gasteiger partial charge in [-0.15, -0.1) is 0 Å². The Labute approximate surface area is 115 Å².